The second kappa shape index (κ2) is 7.57. The third kappa shape index (κ3) is 3.80. The predicted molar refractivity (Wildman–Crippen MR) is 99.4 cm³/mol. The third-order valence-electron chi connectivity index (χ3n) is 4.00. The van der Waals surface area contributed by atoms with Crippen LogP contribution < -0.4 is 0 Å². The number of halogens is 1. The molecule has 0 atom stereocenters. The maximum atomic E-state index is 12.7. The summed E-state index contributed by atoms with van der Waals surface area (Å²) in [7, 11) is -2.03. The first-order valence-corrected chi connectivity index (χ1v) is 9.81. The SMILES string of the molecule is Cc1ccccc1S(=O)(=O)N(C)CCc1noc(-c2ccccc2Cl)n1. The van der Waals surface area contributed by atoms with E-state index in [2.05, 4.69) is 10.1 Å². The number of rotatable bonds is 6. The second-order valence-corrected chi connectivity index (χ2v) is 8.26. The number of hydrogen-bond donors (Lipinski definition) is 0. The summed E-state index contributed by atoms with van der Waals surface area (Å²) < 4.78 is 31.9. The fraction of sp³-hybridized carbons (Fsp3) is 0.222. The molecule has 0 fully saturated rings. The van der Waals surface area contributed by atoms with E-state index >= 15 is 0 Å². The van der Waals surface area contributed by atoms with Gasteiger partial charge in [0.1, 0.15) is 0 Å². The average molecular weight is 392 g/mol. The van der Waals surface area contributed by atoms with Crippen LogP contribution in [0, 0.1) is 6.92 Å². The van der Waals surface area contributed by atoms with Crippen molar-refractivity contribution in [3.8, 4) is 11.5 Å². The molecule has 0 aliphatic rings. The molecule has 0 spiro atoms. The van der Waals surface area contributed by atoms with Gasteiger partial charge in [-0.1, -0.05) is 47.1 Å². The minimum atomic E-state index is -3.57. The maximum Gasteiger partial charge on any atom is 0.259 e. The van der Waals surface area contributed by atoms with Crippen molar-refractivity contribution in [3.63, 3.8) is 0 Å². The molecule has 0 bridgehead atoms. The minimum Gasteiger partial charge on any atom is -0.334 e. The van der Waals surface area contributed by atoms with Gasteiger partial charge in [0.2, 0.25) is 10.0 Å². The summed E-state index contributed by atoms with van der Waals surface area (Å²) in [5, 5.41) is 4.43. The van der Waals surface area contributed by atoms with E-state index in [1.165, 1.54) is 11.4 Å². The predicted octanol–water partition coefficient (Wildman–Crippen LogP) is 3.56. The van der Waals surface area contributed by atoms with Crippen molar-refractivity contribution in [2.24, 2.45) is 0 Å². The van der Waals surface area contributed by atoms with Gasteiger partial charge >= 0.3 is 0 Å². The van der Waals surface area contributed by atoms with Gasteiger partial charge in [-0.2, -0.15) is 4.98 Å². The van der Waals surface area contributed by atoms with E-state index in [0.29, 0.717) is 39.2 Å². The lowest BCUT2D eigenvalue weighted by Gasteiger charge is -2.17. The first-order chi connectivity index (χ1) is 12.4. The monoisotopic (exact) mass is 391 g/mol. The average Bonchev–Trinajstić information content (AvgIpc) is 3.09. The van der Waals surface area contributed by atoms with Crippen molar-refractivity contribution in [2.75, 3.05) is 13.6 Å². The zero-order chi connectivity index (χ0) is 18.7. The fourth-order valence-corrected chi connectivity index (χ4v) is 4.10. The summed E-state index contributed by atoms with van der Waals surface area (Å²) in [6.45, 7) is 2.01. The number of aromatic nitrogens is 2. The largest absolute Gasteiger partial charge is 0.334 e. The van der Waals surface area contributed by atoms with E-state index in [1.54, 1.807) is 37.3 Å². The van der Waals surface area contributed by atoms with Crippen LogP contribution in [0.2, 0.25) is 5.02 Å². The van der Waals surface area contributed by atoms with Crippen LogP contribution in [0.1, 0.15) is 11.4 Å². The Balaban J connectivity index is 1.72. The van der Waals surface area contributed by atoms with E-state index in [9.17, 15) is 8.42 Å². The number of benzene rings is 2. The van der Waals surface area contributed by atoms with Crippen molar-refractivity contribution >= 4 is 21.6 Å². The number of aryl methyl sites for hydroxylation is 1. The fourth-order valence-electron chi connectivity index (χ4n) is 2.49. The molecule has 26 heavy (non-hydrogen) atoms. The van der Waals surface area contributed by atoms with Crippen molar-refractivity contribution in [2.45, 2.75) is 18.2 Å². The van der Waals surface area contributed by atoms with Crippen LogP contribution in [0.4, 0.5) is 0 Å². The zero-order valence-electron chi connectivity index (χ0n) is 14.4. The molecule has 0 saturated carbocycles. The highest BCUT2D eigenvalue weighted by molar-refractivity contribution is 7.89. The molecule has 6 nitrogen and oxygen atoms in total. The van der Waals surface area contributed by atoms with Gasteiger partial charge in [-0.25, -0.2) is 12.7 Å². The molecule has 8 heteroatoms. The first kappa shape index (κ1) is 18.6. The molecule has 136 valence electrons. The topological polar surface area (TPSA) is 76.3 Å². The van der Waals surface area contributed by atoms with Gasteiger partial charge in [0, 0.05) is 20.0 Å². The zero-order valence-corrected chi connectivity index (χ0v) is 16.0. The minimum absolute atomic E-state index is 0.234. The Labute approximate surface area is 157 Å². The lowest BCUT2D eigenvalue weighted by Crippen LogP contribution is -2.29. The molecule has 3 rings (SSSR count). The van der Waals surface area contributed by atoms with Gasteiger partial charge in [0.05, 0.1) is 15.5 Å². The summed E-state index contributed by atoms with van der Waals surface area (Å²) in [6.07, 6.45) is 0.329. The van der Waals surface area contributed by atoms with Gasteiger partial charge in [-0.05, 0) is 30.7 Å². The molecule has 2 aromatic carbocycles. The Bertz CT molecular complexity index is 1020. The van der Waals surface area contributed by atoms with Gasteiger partial charge in [0.15, 0.2) is 5.82 Å². The van der Waals surface area contributed by atoms with E-state index < -0.39 is 10.0 Å². The summed E-state index contributed by atoms with van der Waals surface area (Å²) in [5.41, 5.74) is 1.36. The van der Waals surface area contributed by atoms with Gasteiger partial charge in [-0.15, -0.1) is 0 Å². The van der Waals surface area contributed by atoms with E-state index in [-0.39, 0.29) is 6.54 Å². The molecule has 3 aromatic rings. The summed E-state index contributed by atoms with van der Waals surface area (Å²) in [6, 6.07) is 14.1. The number of nitrogens with zero attached hydrogens (tertiary/aromatic N) is 3. The Hall–Kier alpha value is -2.22. The van der Waals surface area contributed by atoms with E-state index in [4.69, 9.17) is 16.1 Å². The third-order valence-corrected chi connectivity index (χ3v) is 6.35. The van der Waals surface area contributed by atoms with Crippen LogP contribution in [-0.2, 0) is 16.4 Å². The normalized spacial score (nSPS) is 11.8. The summed E-state index contributed by atoms with van der Waals surface area (Å²) in [5.74, 6) is 0.738. The second-order valence-electron chi connectivity index (χ2n) is 5.84. The first-order valence-electron chi connectivity index (χ1n) is 7.99. The quantitative estimate of drug-likeness (QED) is 0.642. The molecule has 0 unspecified atom stereocenters. The molecular formula is C18H18ClN3O3S. The maximum absolute atomic E-state index is 12.7. The van der Waals surface area contributed by atoms with Crippen LogP contribution in [0.5, 0.6) is 0 Å². The molecular weight excluding hydrogens is 374 g/mol. The highest BCUT2D eigenvalue weighted by Gasteiger charge is 2.23. The van der Waals surface area contributed by atoms with E-state index in [1.807, 2.05) is 18.2 Å². The smallest absolute Gasteiger partial charge is 0.259 e. The van der Waals surface area contributed by atoms with E-state index in [0.717, 1.165) is 0 Å². The Morgan fingerprint density at radius 2 is 1.81 bits per heavy atom. The molecule has 0 aliphatic carbocycles. The van der Waals surface area contributed by atoms with Crippen LogP contribution >= 0.6 is 11.6 Å². The number of hydrogen-bond acceptors (Lipinski definition) is 5. The standard InChI is InChI=1S/C18H18ClN3O3S/c1-13-7-3-6-10-16(13)26(23,24)22(2)12-11-17-20-18(25-21-17)14-8-4-5-9-15(14)19/h3-10H,11-12H2,1-2H3. The lowest BCUT2D eigenvalue weighted by atomic mass is 10.2. The number of sulfonamides is 1. The van der Waals surface area contributed by atoms with Crippen LogP contribution in [0.25, 0.3) is 11.5 Å². The Morgan fingerprint density at radius 1 is 1.12 bits per heavy atom. The summed E-state index contributed by atoms with van der Waals surface area (Å²) >= 11 is 6.12. The molecule has 0 N–H and O–H groups in total. The lowest BCUT2D eigenvalue weighted by molar-refractivity contribution is 0.415. The molecule has 1 heterocycles. The molecule has 0 aliphatic heterocycles. The highest BCUT2D eigenvalue weighted by Crippen LogP contribution is 2.26. The number of likely N-dealkylation sites (N-methyl/N-ethyl adjacent to an activating group) is 1. The highest BCUT2D eigenvalue weighted by atomic mass is 35.5. The van der Waals surface area contributed by atoms with Crippen molar-refractivity contribution in [1.29, 1.82) is 0 Å². The van der Waals surface area contributed by atoms with Crippen molar-refractivity contribution in [3.05, 3.63) is 64.9 Å². The summed E-state index contributed by atoms with van der Waals surface area (Å²) in [4.78, 5) is 4.60. The van der Waals surface area contributed by atoms with Crippen LogP contribution in [0.15, 0.2) is 57.9 Å². The van der Waals surface area contributed by atoms with Crippen LogP contribution in [0.3, 0.4) is 0 Å². The van der Waals surface area contributed by atoms with Crippen molar-refractivity contribution < 1.29 is 12.9 Å². The molecule has 0 radical (unpaired) electrons. The van der Waals surface area contributed by atoms with Crippen molar-refractivity contribution in [1.82, 2.24) is 14.4 Å². The molecule has 0 saturated heterocycles. The van der Waals surface area contributed by atoms with Gasteiger partial charge < -0.3 is 4.52 Å². The Morgan fingerprint density at radius 3 is 2.54 bits per heavy atom. The molecule has 1 aromatic heterocycles. The van der Waals surface area contributed by atoms with Gasteiger partial charge in [0.25, 0.3) is 5.89 Å². The molecule has 0 amide bonds. The van der Waals surface area contributed by atoms with Gasteiger partial charge in [-0.3, -0.25) is 0 Å². The van der Waals surface area contributed by atoms with Crippen LogP contribution in [-0.4, -0.2) is 36.5 Å². The Kier molecular flexibility index (Phi) is 5.41.